The number of amides is 1. The minimum Gasteiger partial charge on any atom is -0.349 e. The molecule has 2 nitrogen and oxygen atoms in total. The summed E-state index contributed by atoms with van der Waals surface area (Å²) in [6, 6.07) is 4.39. The standard InChI is InChI=1S/C14H17BrFNO/c1-9-2-5-11(6-3-9)17-14(18)12-7-4-10(16)8-13(12)15/h4,7-9,11H,2-3,5-6H2,1H3,(H,17,18). The number of benzene rings is 1. The molecule has 0 heterocycles. The summed E-state index contributed by atoms with van der Waals surface area (Å²) in [4.78, 5) is 12.1. The zero-order valence-corrected chi connectivity index (χ0v) is 12.0. The lowest BCUT2D eigenvalue weighted by Gasteiger charge is -2.27. The van der Waals surface area contributed by atoms with E-state index < -0.39 is 0 Å². The van der Waals surface area contributed by atoms with Gasteiger partial charge in [0.15, 0.2) is 0 Å². The molecule has 1 aliphatic rings. The molecule has 0 unspecified atom stereocenters. The second kappa shape index (κ2) is 5.83. The lowest BCUT2D eigenvalue weighted by Crippen LogP contribution is -2.37. The molecule has 98 valence electrons. The van der Waals surface area contributed by atoms with Crippen LogP contribution < -0.4 is 5.32 Å². The highest BCUT2D eigenvalue weighted by Crippen LogP contribution is 2.24. The number of hydrogen-bond donors (Lipinski definition) is 1. The van der Waals surface area contributed by atoms with Gasteiger partial charge in [0, 0.05) is 10.5 Å². The number of carbonyl (C=O) groups is 1. The van der Waals surface area contributed by atoms with Crippen molar-refractivity contribution < 1.29 is 9.18 Å². The van der Waals surface area contributed by atoms with Crippen LogP contribution in [0.4, 0.5) is 4.39 Å². The largest absolute Gasteiger partial charge is 0.349 e. The number of rotatable bonds is 2. The van der Waals surface area contributed by atoms with Crippen molar-refractivity contribution in [1.29, 1.82) is 0 Å². The van der Waals surface area contributed by atoms with E-state index in [1.54, 1.807) is 0 Å². The Labute approximate surface area is 115 Å². The highest BCUT2D eigenvalue weighted by molar-refractivity contribution is 9.10. The van der Waals surface area contributed by atoms with Crippen molar-refractivity contribution in [3.8, 4) is 0 Å². The molecule has 1 aromatic carbocycles. The summed E-state index contributed by atoms with van der Waals surface area (Å²) in [5.41, 5.74) is 0.495. The smallest absolute Gasteiger partial charge is 0.252 e. The Balaban J connectivity index is 1.99. The Morgan fingerprint density at radius 3 is 2.61 bits per heavy atom. The SMILES string of the molecule is CC1CCC(NC(=O)c2ccc(F)cc2Br)CC1. The molecule has 0 saturated heterocycles. The van der Waals surface area contributed by atoms with Crippen LogP contribution in [0.2, 0.25) is 0 Å². The summed E-state index contributed by atoms with van der Waals surface area (Å²) < 4.78 is 13.5. The van der Waals surface area contributed by atoms with Crippen LogP contribution in [0, 0.1) is 11.7 Å². The molecule has 4 heteroatoms. The maximum atomic E-state index is 13.0. The topological polar surface area (TPSA) is 29.1 Å². The van der Waals surface area contributed by atoms with E-state index in [4.69, 9.17) is 0 Å². The number of halogens is 2. The van der Waals surface area contributed by atoms with Gasteiger partial charge < -0.3 is 5.32 Å². The van der Waals surface area contributed by atoms with Gasteiger partial charge in [-0.05, 0) is 65.7 Å². The van der Waals surface area contributed by atoms with E-state index in [0.29, 0.717) is 10.0 Å². The van der Waals surface area contributed by atoms with Crippen molar-refractivity contribution in [2.45, 2.75) is 38.6 Å². The van der Waals surface area contributed by atoms with Crippen LogP contribution in [-0.4, -0.2) is 11.9 Å². The van der Waals surface area contributed by atoms with Gasteiger partial charge in [0.05, 0.1) is 5.56 Å². The van der Waals surface area contributed by atoms with Gasteiger partial charge in [0.2, 0.25) is 0 Å². The summed E-state index contributed by atoms with van der Waals surface area (Å²) in [5, 5.41) is 3.02. The highest BCUT2D eigenvalue weighted by atomic mass is 79.9. The van der Waals surface area contributed by atoms with Crippen LogP contribution in [0.3, 0.4) is 0 Å². The normalized spacial score (nSPS) is 23.7. The van der Waals surface area contributed by atoms with Crippen LogP contribution >= 0.6 is 15.9 Å². The fraction of sp³-hybridized carbons (Fsp3) is 0.500. The van der Waals surface area contributed by atoms with Gasteiger partial charge in [0.25, 0.3) is 5.91 Å². The minimum absolute atomic E-state index is 0.124. The molecular formula is C14H17BrFNO. The van der Waals surface area contributed by atoms with E-state index in [1.165, 1.54) is 18.2 Å². The molecule has 0 bridgehead atoms. The van der Waals surface area contributed by atoms with Gasteiger partial charge in [-0.1, -0.05) is 6.92 Å². The molecule has 1 saturated carbocycles. The Bertz CT molecular complexity index is 441. The van der Waals surface area contributed by atoms with Crippen molar-refractivity contribution in [3.05, 3.63) is 34.1 Å². The Kier molecular flexibility index (Phi) is 4.38. The lowest BCUT2D eigenvalue weighted by molar-refractivity contribution is 0.0922. The molecule has 18 heavy (non-hydrogen) atoms. The van der Waals surface area contributed by atoms with Crippen molar-refractivity contribution >= 4 is 21.8 Å². The fourth-order valence-corrected chi connectivity index (χ4v) is 2.87. The predicted octanol–water partition coefficient (Wildman–Crippen LogP) is 3.90. The molecule has 0 aliphatic heterocycles. The fourth-order valence-electron chi connectivity index (χ4n) is 2.34. The van der Waals surface area contributed by atoms with Crippen LogP contribution in [0.5, 0.6) is 0 Å². The first kappa shape index (κ1) is 13.5. The number of nitrogens with one attached hydrogen (secondary N) is 1. The summed E-state index contributed by atoms with van der Waals surface area (Å²) in [6.45, 7) is 2.24. The minimum atomic E-state index is -0.343. The first-order valence-corrected chi connectivity index (χ1v) is 7.11. The van der Waals surface area contributed by atoms with Gasteiger partial charge in [0.1, 0.15) is 5.82 Å². The molecule has 1 amide bonds. The zero-order chi connectivity index (χ0) is 13.1. The zero-order valence-electron chi connectivity index (χ0n) is 10.4. The summed E-state index contributed by atoms with van der Waals surface area (Å²) >= 11 is 3.22. The molecular weight excluding hydrogens is 297 g/mol. The third-order valence-corrected chi connectivity index (χ3v) is 4.18. The quantitative estimate of drug-likeness (QED) is 0.881. The Hall–Kier alpha value is -0.900. The monoisotopic (exact) mass is 313 g/mol. The van der Waals surface area contributed by atoms with Crippen LogP contribution in [0.15, 0.2) is 22.7 Å². The van der Waals surface area contributed by atoms with Crippen LogP contribution in [-0.2, 0) is 0 Å². The van der Waals surface area contributed by atoms with Crippen LogP contribution in [0.25, 0.3) is 0 Å². The second-order valence-corrected chi connectivity index (χ2v) is 5.91. The summed E-state index contributed by atoms with van der Waals surface area (Å²) in [7, 11) is 0. The lowest BCUT2D eigenvalue weighted by atomic mass is 9.87. The van der Waals surface area contributed by atoms with E-state index in [1.807, 2.05) is 0 Å². The van der Waals surface area contributed by atoms with E-state index in [0.717, 1.165) is 31.6 Å². The average molecular weight is 314 g/mol. The van der Waals surface area contributed by atoms with Gasteiger partial charge in [-0.15, -0.1) is 0 Å². The van der Waals surface area contributed by atoms with E-state index >= 15 is 0 Å². The molecule has 0 atom stereocenters. The van der Waals surface area contributed by atoms with Crippen molar-refractivity contribution in [3.63, 3.8) is 0 Å². The van der Waals surface area contributed by atoms with Gasteiger partial charge >= 0.3 is 0 Å². The van der Waals surface area contributed by atoms with E-state index in [9.17, 15) is 9.18 Å². The molecule has 1 aromatic rings. The van der Waals surface area contributed by atoms with Crippen molar-refractivity contribution in [1.82, 2.24) is 5.32 Å². The summed E-state index contributed by atoms with van der Waals surface area (Å²) in [6.07, 6.45) is 4.39. The molecule has 0 aromatic heterocycles. The van der Waals surface area contributed by atoms with E-state index in [2.05, 4.69) is 28.2 Å². The van der Waals surface area contributed by atoms with Gasteiger partial charge in [-0.3, -0.25) is 4.79 Å². The molecule has 0 spiro atoms. The number of carbonyl (C=O) groups excluding carboxylic acids is 1. The molecule has 1 fully saturated rings. The highest BCUT2D eigenvalue weighted by Gasteiger charge is 2.21. The Morgan fingerprint density at radius 2 is 2.00 bits per heavy atom. The molecule has 1 aliphatic carbocycles. The van der Waals surface area contributed by atoms with Crippen molar-refractivity contribution in [2.24, 2.45) is 5.92 Å². The number of hydrogen-bond acceptors (Lipinski definition) is 1. The third kappa shape index (κ3) is 3.31. The third-order valence-electron chi connectivity index (χ3n) is 3.53. The second-order valence-electron chi connectivity index (χ2n) is 5.05. The molecule has 2 rings (SSSR count). The van der Waals surface area contributed by atoms with Gasteiger partial charge in [-0.2, -0.15) is 0 Å². The summed E-state index contributed by atoms with van der Waals surface area (Å²) in [5.74, 6) is 0.294. The van der Waals surface area contributed by atoms with Crippen LogP contribution in [0.1, 0.15) is 43.0 Å². The first-order valence-electron chi connectivity index (χ1n) is 6.32. The maximum absolute atomic E-state index is 13.0. The molecule has 1 N–H and O–H groups in total. The Morgan fingerprint density at radius 1 is 1.33 bits per heavy atom. The average Bonchev–Trinajstić information content (AvgIpc) is 2.32. The first-order chi connectivity index (χ1) is 8.56. The van der Waals surface area contributed by atoms with Crippen molar-refractivity contribution in [2.75, 3.05) is 0 Å². The van der Waals surface area contributed by atoms with E-state index in [-0.39, 0.29) is 17.8 Å². The molecule has 0 radical (unpaired) electrons. The predicted molar refractivity (Wildman–Crippen MR) is 73.0 cm³/mol. The maximum Gasteiger partial charge on any atom is 0.252 e. The van der Waals surface area contributed by atoms with Gasteiger partial charge in [-0.25, -0.2) is 4.39 Å².